The topological polar surface area (TPSA) is 23.8 Å². The van der Waals surface area contributed by atoms with Gasteiger partial charge in [0.15, 0.2) is 0 Å². The van der Waals surface area contributed by atoms with E-state index in [1.54, 1.807) is 0 Å². The third-order valence-corrected chi connectivity index (χ3v) is 3.55. The van der Waals surface area contributed by atoms with Crippen molar-refractivity contribution in [1.82, 2.24) is 0 Å². The molecule has 22 heavy (non-hydrogen) atoms. The zero-order valence-electron chi connectivity index (χ0n) is 12.1. The fourth-order valence-corrected chi connectivity index (χ4v) is 2.45. The molecule has 0 atom stereocenters. The zero-order chi connectivity index (χ0) is 15.2. The van der Waals surface area contributed by atoms with Crippen molar-refractivity contribution in [3.05, 3.63) is 107 Å². The van der Waals surface area contributed by atoms with Gasteiger partial charge in [-0.15, -0.1) is 0 Å². The van der Waals surface area contributed by atoms with Crippen molar-refractivity contribution in [3.8, 4) is 6.07 Å². The molecule has 0 unspecified atom stereocenters. The third-order valence-electron chi connectivity index (χ3n) is 3.55. The molecule has 0 amide bonds. The molecule has 0 saturated carbocycles. The molecular weight excluding hydrogens is 266 g/mol. The predicted octanol–water partition coefficient (Wildman–Crippen LogP) is 5.15. The maximum atomic E-state index is 9.29. The summed E-state index contributed by atoms with van der Waals surface area (Å²) in [5, 5.41) is 9.29. The Kier molecular flexibility index (Phi) is 4.13. The Labute approximate surface area is 130 Å². The number of hydrogen-bond acceptors (Lipinski definition) is 1. The Balaban J connectivity index is 2.18. The number of hydrogen-bond donors (Lipinski definition) is 0. The normalized spacial score (nSPS) is 9.77. The van der Waals surface area contributed by atoms with Crippen LogP contribution in [0.5, 0.6) is 0 Å². The quantitative estimate of drug-likeness (QED) is 0.609. The Hall–Kier alpha value is -3.11. The number of benzene rings is 3. The minimum atomic E-state index is 0.687. The lowest BCUT2D eigenvalue weighted by atomic mass is 9.94. The van der Waals surface area contributed by atoms with Gasteiger partial charge >= 0.3 is 0 Å². The molecule has 0 spiro atoms. The SMILES string of the molecule is N#Cc1ccccc1C=C(c1ccccc1)c1ccccc1. The Bertz CT molecular complexity index is 783. The van der Waals surface area contributed by atoms with E-state index < -0.39 is 0 Å². The van der Waals surface area contributed by atoms with Gasteiger partial charge in [-0.25, -0.2) is 0 Å². The smallest absolute Gasteiger partial charge is 0.0997 e. The van der Waals surface area contributed by atoms with E-state index in [-0.39, 0.29) is 0 Å². The molecule has 0 aromatic heterocycles. The second kappa shape index (κ2) is 6.56. The van der Waals surface area contributed by atoms with E-state index in [0.29, 0.717) is 5.56 Å². The summed E-state index contributed by atoms with van der Waals surface area (Å²) >= 11 is 0. The first-order chi connectivity index (χ1) is 10.9. The van der Waals surface area contributed by atoms with Gasteiger partial charge < -0.3 is 0 Å². The van der Waals surface area contributed by atoms with Crippen LogP contribution in [0.3, 0.4) is 0 Å². The van der Waals surface area contributed by atoms with Crippen LogP contribution in [0.1, 0.15) is 22.3 Å². The number of rotatable bonds is 3. The van der Waals surface area contributed by atoms with E-state index in [9.17, 15) is 5.26 Å². The molecule has 104 valence electrons. The van der Waals surface area contributed by atoms with Crippen molar-refractivity contribution >= 4 is 11.6 Å². The van der Waals surface area contributed by atoms with E-state index in [4.69, 9.17) is 0 Å². The number of nitrogens with zero attached hydrogens (tertiary/aromatic N) is 1. The molecule has 0 aliphatic carbocycles. The van der Waals surface area contributed by atoms with E-state index in [1.807, 2.05) is 60.7 Å². The van der Waals surface area contributed by atoms with Gasteiger partial charge in [0.1, 0.15) is 0 Å². The molecule has 0 aliphatic rings. The minimum Gasteiger partial charge on any atom is -0.192 e. The zero-order valence-corrected chi connectivity index (χ0v) is 12.1. The van der Waals surface area contributed by atoms with E-state index in [0.717, 1.165) is 22.3 Å². The lowest BCUT2D eigenvalue weighted by Crippen LogP contribution is -1.89. The summed E-state index contributed by atoms with van der Waals surface area (Å²) in [7, 11) is 0. The molecule has 0 saturated heterocycles. The first-order valence-corrected chi connectivity index (χ1v) is 7.20. The van der Waals surface area contributed by atoms with E-state index in [1.165, 1.54) is 0 Å². The summed E-state index contributed by atoms with van der Waals surface area (Å²) < 4.78 is 0. The molecule has 3 aromatic carbocycles. The first kappa shape index (κ1) is 13.9. The molecule has 1 nitrogen and oxygen atoms in total. The van der Waals surface area contributed by atoms with Gasteiger partial charge in [0.05, 0.1) is 11.6 Å². The molecule has 0 heterocycles. The van der Waals surface area contributed by atoms with Crippen molar-refractivity contribution < 1.29 is 0 Å². The van der Waals surface area contributed by atoms with Crippen LogP contribution in [0.25, 0.3) is 11.6 Å². The van der Waals surface area contributed by atoms with Crippen LogP contribution in [0.4, 0.5) is 0 Å². The van der Waals surface area contributed by atoms with E-state index >= 15 is 0 Å². The van der Waals surface area contributed by atoms with Crippen LogP contribution in [0.2, 0.25) is 0 Å². The van der Waals surface area contributed by atoms with Crippen LogP contribution >= 0.6 is 0 Å². The highest BCUT2D eigenvalue weighted by molar-refractivity contribution is 5.92. The second-order valence-corrected chi connectivity index (χ2v) is 4.99. The van der Waals surface area contributed by atoms with Gasteiger partial charge in [-0.05, 0) is 34.4 Å². The minimum absolute atomic E-state index is 0.687. The van der Waals surface area contributed by atoms with Gasteiger partial charge in [0.2, 0.25) is 0 Å². The Morgan fingerprint density at radius 3 is 1.73 bits per heavy atom. The summed E-state index contributed by atoms with van der Waals surface area (Å²) in [5.41, 5.74) is 5.02. The molecule has 3 rings (SSSR count). The first-order valence-electron chi connectivity index (χ1n) is 7.20. The average Bonchev–Trinajstić information content (AvgIpc) is 2.61. The van der Waals surface area contributed by atoms with Gasteiger partial charge in [-0.2, -0.15) is 5.26 Å². The lowest BCUT2D eigenvalue weighted by molar-refractivity contribution is 1.47. The molecule has 0 fully saturated rings. The van der Waals surface area contributed by atoms with Gasteiger partial charge in [0.25, 0.3) is 0 Å². The van der Waals surface area contributed by atoms with Gasteiger partial charge in [-0.3, -0.25) is 0 Å². The van der Waals surface area contributed by atoms with Gasteiger partial charge in [-0.1, -0.05) is 78.9 Å². The standard InChI is InChI=1S/C21H15N/c22-16-20-14-8-7-13-19(20)15-21(17-9-3-1-4-10-17)18-11-5-2-6-12-18/h1-15H. The highest BCUT2D eigenvalue weighted by atomic mass is 14.2. The summed E-state index contributed by atoms with van der Waals surface area (Å²) in [6.45, 7) is 0. The molecular formula is C21H15N. The monoisotopic (exact) mass is 281 g/mol. The summed E-state index contributed by atoms with van der Waals surface area (Å²) in [4.78, 5) is 0. The summed E-state index contributed by atoms with van der Waals surface area (Å²) in [6.07, 6.45) is 2.09. The Morgan fingerprint density at radius 2 is 1.18 bits per heavy atom. The number of nitriles is 1. The molecule has 3 aromatic rings. The predicted molar refractivity (Wildman–Crippen MR) is 91.0 cm³/mol. The molecule has 0 N–H and O–H groups in total. The van der Waals surface area contributed by atoms with Gasteiger partial charge in [0, 0.05) is 0 Å². The summed E-state index contributed by atoms with van der Waals surface area (Å²) in [5.74, 6) is 0. The van der Waals surface area contributed by atoms with Crippen LogP contribution in [0.15, 0.2) is 84.9 Å². The lowest BCUT2D eigenvalue weighted by Gasteiger charge is -2.09. The fourth-order valence-electron chi connectivity index (χ4n) is 2.45. The molecule has 0 radical (unpaired) electrons. The maximum absolute atomic E-state index is 9.29. The highest BCUT2D eigenvalue weighted by Crippen LogP contribution is 2.26. The van der Waals surface area contributed by atoms with Crippen LogP contribution in [-0.2, 0) is 0 Å². The fraction of sp³-hybridized carbons (Fsp3) is 0. The molecule has 0 aliphatic heterocycles. The largest absolute Gasteiger partial charge is 0.192 e. The highest BCUT2D eigenvalue weighted by Gasteiger charge is 2.06. The molecule has 0 bridgehead atoms. The van der Waals surface area contributed by atoms with Crippen molar-refractivity contribution in [2.75, 3.05) is 0 Å². The van der Waals surface area contributed by atoms with Crippen LogP contribution in [-0.4, -0.2) is 0 Å². The third kappa shape index (κ3) is 2.97. The van der Waals surface area contributed by atoms with Crippen molar-refractivity contribution in [3.63, 3.8) is 0 Å². The van der Waals surface area contributed by atoms with Crippen molar-refractivity contribution in [2.24, 2.45) is 0 Å². The molecule has 1 heteroatoms. The van der Waals surface area contributed by atoms with Crippen molar-refractivity contribution in [1.29, 1.82) is 5.26 Å². The van der Waals surface area contributed by atoms with Crippen LogP contribution < -0.4 is 0 Å². The van der Waals surface area contributed by atoms with Crippen molar-refractivity contribution in [2.45, 2.75) is 0 Å². The Morgan fingerprint density at radius 1 is 0.682 bits per heavy atom. The van der Waals surface area contributed by atoms with E-state index in [2.05, 4.69) is 36.4 Å². The van der Waals surface area contributed by atoms with Crippen LogP contribution in [0, 0.1) is 11.3 Å². The average molecular weight is 281 g/mol. The second-order valence-electron chi connectivity index (χ2n) is 4.99. The maximum Gasteiger partial charge on any atom is 0.0997 e. The summed E-state index contributed by atoms with van der Waals surface area (Å²) in [6, 6.07) is 30.4.